The maximum Gasteiger partial charge on any atom is 0.286 e. The van der Waals surface area contributed by atoms with Gasteiger partial charge >= 0.3 is 0 Å². The first-order chi connectivity index (χ1) is 12.7. The smallest absolute Gasteiger partial charge is 0.286 e. The van der Waals surface area contributed by atoms with E-state index in [0.717, 1.165) is 46.6 Å². The molecule has 7 heteroatoms. The van der Waals surface area contributed by atoms with Crippen LogP contribution >= 0.6 is 39.0 Å². The number of thioether (sulfide) groups is 1. The second-order valence-electron chi connectivity index (χ2n) is 6.20. The second kappa shape index (κ2) is 8.08. The van der Waals surface area contributed by atoms with Crippen molar-refractivity contribution in [3.05, 3.63) is 61.6 Å². The Balaban J connectivity index is 1.34. The minimum atomic E-state index is -0.124. The van der Waals surface area contributed by atoms with E-state index in [-0.39, 0.29) is 5.91 Å². The molecule has 0 spiro atoms. The number of piperazine rings is 1. The van der Waals surface area contributed by atoms with Gasteiger partial charge < -0.3 is 4.90 Å². The molecular weight excluding hydrogens is 430 g/mol. The van der Waals surface area contributed by atoms with Gasteiger partial charge in [0.25, 0.3) is 5.91 Å². The number of amides is 1. The number of halogens is 1. The van der Waals surface area contributed by atoms with Gasteiger partial charge in [0, 0.05) is 37.6 Å². The minimum Gasteiger partial charge on any atom is -0.348 e. The van der Waals surface area contributed by atoms with E-state index in [4.69, 9.17) is 0 Å². The molecule has 1 aromatic carbocycles. The number of hydrogen-bond acceptors (Lipinski definition) is 5. The Kier molecular flexibility index (Phi) is 5.59. The van der Waals surface area contributed by atoms with E-state index in [1.54, 1.807) is 11.3 Å². The van der Waals surface area contributed by atoms with Crippen LogP contribution in [0.4, 0.5) is 0 Å². The number of hydrogen-bond donors (Lipinski definition) is 0. The molecule has 0 saturated carbocycles. The molecule has 4 rings (SSSR count). The lowest BCUT2D eigenvalue weighted by Crippen LogP contribution is -2.47. The summed E-state index contributed by atoms with van der Waals surface area (Å²) in [7, 11) is 0. The van der Waals surface area contributed by atoms with Gasteiger partial charge in [-0.2, -0.15) is 4.99 Å². The van der Waals surface area contributed by atoms with Crippen LogP contribution in [0, 0.1) is 0 Å². The molecule has 134 valence electrons. The second-order valence-corrected chi connectivity index (χ2v) is 9.70. The zero-order valence-electron chi connectivity index (χ0n) is 14.1. The fourth-order valence-corrected chi connectivity index (χ4v) is 5.40. The van der Waals surface area contributed by atoms with Gasteiger partial charge in [-0.25, -0.2) is 0 Å². The van der Waals surface area contributed by atoms with Crippen molar-refractivity contribution in [2.24, 2.45) is 4.99 Å². The highest BCUT2D eigenvalue weighted by Crippen LogP contribution is 2.33. The third-order valence-corrected chi connectivity index (χ3v) is 6.98. The standard InChI is InChI=1S/C19H18BrN3OS2/c20-17-7-6-15(25-17)12-16-18(24)21-19(26-16)23-10-8-22(9-11-23)13-14-4-2-1-3-5-14/h1-7,12H,8-11,13H2/b16-12-. The van der Waals surface area contributed by atoms with Crippen LogP contribution in [0.1, 0.15) is 10.4 Å². The van der Waals surface area contributed by atoms with Crippen molar-refractivity contribution < 1.29 is 4.79 Å². The van der Waals surface area contributed by atoms with Crippen LogP contribution in [-0.4, -0.2) is 47.1 Å². The summed E-state index contributed by atoms with van der Waals surface area (Å²) in [5.41, 5.74) is 1.34. The number of rotatable bonds is 3. The van der Waals surface area contributed by atoms with Crippen LogP contribution in [0.5, 0.6) is 0 Å². The van der Waals surface area contributed by atoms with E-state index in [1.807, 2.05) is 24.3 Å². The van der Waals surface area contributed by atoms with Crippen molar-refractivity contribution in [3.8, 4) is 0 Å². The van der Waals surface area contributed by atoms with Crippen molar-refractivity contribution in [1.82, 2.24) is 9.80 Å². The molecule has 2 aliphatic heterocycles. The van der Waals surface area contributed by atoms with Gasteiger partial charge in [-0.15, -0.1) is 11.3 Å². The number of carbonyl (C=O) groups is 1. The molecule has 0 atom stereocenters. The Labute approximate surface area is 169 Å². The summed E-state index contributed by atoms with van der Waals surface area (Å²) < 4.78 is 1.07. The maximum atomic E-state index is 12.2. The number of carbonyl (C=O) groups excluding carboxylic acids is 1. The number of aliphatic imine (C=N–C) groups is 1. The zero-order valence-corrected chi connectivity index (χ0v) is 17.3. The van der Waals surface area contributed by atoms with E-state index in [1.165, 1.54) is 17.3 Å². The van der Waals surface area contributed by atoms with E-state index in [9.17, 15) is 4.79 Å². The van der Waals surface area contributed by atoms with Gasteiger partial charge in [-0.1, -0.05) is 30.3 Å². The van der Waals surface area contributed by atoms with Crippen molar-refractivity contribution >= 4 is 56.2 Å². The largest absolute Gasteiger partial charge is 0.348 e. The van der Waals surface area contributed by atoms with Crippen LogP contribution in [0.15, 0.2) is 56.1 Å². The van der Waals surface area contributed by atoms with Gasteiger partial charge in [0.15, 0.2) is 5.17 Å². The molecule has 26 heavy (non-hydrogen) atoms. The predicted octanol–water partition coefficient (Wildman–Crippen LogP) is 4.30. The fourth-order valence-electron chi connectivity index (χ4n) is 3.01. The third-order valence-electron chi connectivity index (χ3n) is 4.37. The highest BCUT2D eigenvalue weighted by Gasteiger charge is 2.28. The fraction of sp³-hybridized carbons (Fsp3) is 0.263. The number of benzene rings is 1. The van der Waals surface area contributed by atoms with Gasteiger partial charge in [0.05, 0.1) is 8.69 Å². The van der Waals surface area contributed by atoms with E-state index in [2.05, 4.69) is 55.0 Å². The van der Waals surface area contributed by atoms with E-state index >= 15 is 0 Å². The maximum absolute atomic E-state index is 12.2. The molecule has 4 nitrogen and oxygen atoms in total. The molecule has 1 saturated heterocycles. The van der Waals surface area contributed by atoms with Crippen LogP contribution in [0.25, 0.3) is 6.08 Å². The first-order valence-electron chi connectivity index (χ1n) is 8.46. The first-order valence-corrected chi connectivity index (χ1v) is 10.9. The molecule has 0 N–H and O–H groups in total. The lowest BCUT2D eigenvalue weighted by molar-refractivity contribution is -0.113. The number of amidine groups is 1. The van der Waals surface area contributed by atoms with Crippen LogP contribution in [0.3, 0.4) is 0 Å². The third kappa shape index (κ3) is 4.28. The SMILES string of the molecule is O=C1N=C(N2CCN(Cc3ccccc3)CC2)S/C1=C\c1ccc(Br)s1. The number of nitrogens with zero attached hydrogens (tertiary/aromatic N) is 3. The summed E-state index contributed by atoms with van der Waals surface area (Å²) in [5, 5.41) is 0.844. The molecule has 0 unspecified atom stereocenters. The molecule has 0 aliphatic carbocycles. The summed E-state index contributed by atoms with van der Waals surface area (Å²) in [5.74, 6) is -0.124. The summed E-state index contributed by atoms with van der Waals surface area (Å²) >= 11 is 6.57. The normalized spacial score (nSPS) is 20.0. The van der Waals surface area contributed by atoms with Crippen molar-refractivity contribution in [2.75, 3.05) is 26.2 Å². The molecule has 0 radical (unpaired) electrons. The Bertz CT molecular complexity index is 855. The highest BCUT2D eigenvalue weighted by atomic mass is 79.9. The van der Waals surface area contributed by atoms with Crippen LogP contribution < -0.4 is 0 Å². The molecular formula is C19H18BrN3OS2. The summed E-state index contributed by atoms with van der Waals surface area (Å²) in [6.07, 6.45) is 1.94. The quantitative estimate of drug-likeness (QED) is 0.657. The number of thiophene rings is 1. The molecule has 1 fully saturated rings. The average molecular weight is 448 g/mol. The van der Waals surface area contributed by atoms with Crippen molar-refractivity contribution in [2.45, 2.75) is 6.54 Å². The first kappa shape index (κ1) is 18.0. The van der Waals surface area contributed by atoms with E-state index in [0.29, 0.717) is 4.91 Å². The summed E-state index contributed by atoms with van der Waals surface area (Å²) in [4.78, 5) is 23.0. The molecule has 2 aromatic rings. The average Bonchev–Trinajstić information content (AvgIpc) is 3.23. The topological polar surface area (TPSA) is 35.9 Å². The molecule has 0 bridgehead atoms. The monoisotopic (exact) mass is 447 g/mol. The van der Waals surface area contributed by atoms with Crippen molar-refractivity contribution in [1.29, 1.82) is 0 Å². The van der Waals surface area contributed by atoms with Gasteiger partial charge in [0.1, 0.15) is 0 Å². The molecule has 2 aliphatic rings. The lowest BCUT2D eigenvalue weighted by Gasteiger charge is -2.35. The predicted molar refractivity (Wildman–Crippen MR) is 113 cm³/mol. The van der Waals surface area contributed by atoms with Gasteiger partial charge in [0.2, 0.25) is 0 Å². The van der Waals surface area contributed by atoms with Crippen LogP contribution in [-0.2, 0) is 11.3 Å². The Morgan fingerprint density at radius 1 is 1.08 bits per heavy atom. The zero-order chi connectivity index (χ0) is 17.9. The van der Waals surface area contributed by atoms with Gasteiger partial charge in [-0.3, -0.25) is 9.69 Å². The van der Waals surface area contributed by atoms with Gasteiger partial charge in [-0.05, 0) is 51.5 Å². The Hall–Kier alpha value is -1.41. The highest BCUT2D eigenvalue weighted by molar-refractivity contribution is 9.11. The Morgan fingerprint density at radius 2 is 1.85 bits per heavy atom. The minimum absolute atomic E-state index is 0.124. The molecule has 1 aromatic heterocycles. The van der Waals surface area contributed by atoms with Crippen molar-refractivity contribution in [3.63, 3.8) is 0 Å². The molecule has 1 amide bonds. The summed E-state index contributed by atoms with van der Waals surface area (Å²) in [6, 6.07) is 14.6. The molecule has 3 heterocycles. The lowest BCUT2D eigenvalue weighted by atomic mass is 10.2. The Morgan fingerprint density at radius 3 is 2.54 bits per heavy atom. The van der Waals surface area contributed by atoms with Crippen LogP contribution in [0.2, 0.25) is 0 Å². The van der Waals surface area contributed by atoms with E-state index < -0.39 is 0 Å². The summed E-state index contributed by atoms with van der Waals surface area (Å²) in [6.45, 7) is 4.76.